The average molecular weight is 243 g/mol. The summed E-state index contributed by atoms with van der Waals surface area (Å²) in [6.07, 6.45) is 0. The lowest BCUT2D eigenvalue weighted by Gasteiger charge is -2.03. The molecule has 0 fully saturated rings. The minimum Gasteiger partial charge on any atom is -0.478 e. The summed E-state index contributed by atoms with van der Waals surface area (Å²) in [5.41, 5.74) is -0.409. The summed E-state index contributed by atoms with van der Waals surface area (Å²) in [6.45, 7) is 0. The van der Waals surface area contributed by atoms with E-state index >= 15 is 0 Å². The number of carboxylic acid groups (broad SMARTS) is 1. The van der Waals surface area contributed by atoms with Crippen molar-refractivity contribution in [3.63, 3.8) is 0 Å². The molecule has 0 spiro atoms. The Morgan fingerprint density at radius 1 is 1.31 bits per heavy atom. The topological polar surface area (TPSA) is 37.3 Å². The zero-order chi connectivity index (χ0) is 10.2. The molecule has 0 aromatic heterocycles. The van der Waals surface area contributed by atoms with Crippen LogP contribution < -0.4 is 0 Å². The predicted molar refractivity (Wildman–Crippen MR) is 48.4 cm³/mol. The predicted octanol–water partition coefficient (Wildman–Crippen LogP) is 3.48. The maximum atomic E-state index is 13.0. The molecule has 0 saturated carbocycles. The highest BCUT2D eigenvalue weighted by Gasteiger charge is 2.18. The Morgan fingerprint density at radius 3 is 2.31 bits per heavy atom. The van der Waals surface area contributed by atoms with Gasteiger partial charge in [-0.25, -0.2) is 9.18 Å². The zero-order valence-electron chi connectivity index (χ0n) is 5.94. The van der Waals surface area contributed by atoms with Crippen molar-refractivity contribution in [2.24, 2.45) is 0 Å². The molecule has 0 saturated heterocycles. The van der Waals surface area contributed by atoms with Crippen molar-refractivity contribution in [3.8, 4) is 0 Å². The summed E-state index contributed by atoms with van der Waals surface area (Å²) in [5.74, 6) is -2.38. The fraction of sp³-hybridized carbons (Fsp3) is 0. The van der Waals surface area contributed by atoms with Gasteiger partial charge in [0.25, 0.3) is 0 Å². The van der Waals surface area contributed by atoms with E-state index in [1.807, 2.05) is 0 Å². The van der Waals surface area contributed by atoms with Crippen LogP contribution in [0.5, 0.6) is 0 Å². The smallest absolute Gasteiger partial charge is 0.337 e. The van der Waals surface area contributed by atoms with Crippen molar-refractivity contribution >= 4 is 40.8 Å². The van der Waals surface area contributed by atoms with Gasteiger partial charge in [-0.3, -0.25) is 0 Å². The van der Waals surface area contributed by atoms with E-state index in [1.165, 1.54) is 0 Å². The van der Waals surface area contributed by atoms with Crippen LogP contribution in [0.4, 0.5) is 4.39 Å². The van der Waals surface area contributed by atoms with Crippen LogP contribution in [0.2, 0.25) is 15.1 Å². The molecular weight excluding hydrogens is 241 g/mol. The molecular formula is C7H2Cl3FO2. The molecule has 6 heteroatoms. The van der Waals surface area contributed by atoms with Crippen LogP contribution in [-0.4, -0.2) is 11.1 Å². The molecule has 0 heterocycles. The summed E-state index contributed by atoms with van der Waals surface area (Å²) in [7, 11) is 0. The maximum Gasteiger partial charge on any atom is 0.337 e. The van der Waals surface area contributed by atoms with E-state index in [0.29, 0.717) is 0 Å². The van der Waals surface area contributed by atoms with Crippen LogP contribution in [-0.2, 0) is 0 Å². The first-order chi connectivity index (χ1) is 5.95. The number of hydrogen-bond acceptors (Lipinski definition) is 1. The third kappa shape index (κ3) is 1.88. The summed E-state index contributed by atoms with van der Waals surface area (Å²) in [4.78, 5) is 10.5. The highest BCUT2D eigenvalue weighted by Crippen LogP contribution is 2.32. The van der Waals surface area contributed by atoms with Gasteiger partial charge in [-0.15, -0.1) is 0 Å². The van der Waals surface area contributed by atoms with E-state index in [-0.39, 0.29) is 10.0 Å². The lowest BCUT2D eigenvalue weighted by atomic mass is 10.2. The number of benzene rings is 1. The van der Waals surface area contributed by atoms with Crippen molar-refractivity contribution in [2.45, 2.75) is 0 Å². The van der Waals surface area contributed by atoms with Gasteiger partial charge < -0.3 is 5.11 Å². The lowest BCUT2D eigenvalue weighted by Crippen LogP contribution is -1.99. The molecule has 1 rings (SSSR count). The number of halogens is 4. The van der Waals surface area contributed by atoms with Gasteiger partial charge in [-0.05, 0) is 6.07 Å². The molecule has 0 radical (unpaired) electrons. The third-order valence-corrected chi connectivity index (χ3v) is 2.47. The normalized spacial score (nSPS) is 10.2. The Kier molecular flexibility index (Phi) is 3.01. The molecule has 0 bridgehead atoms. The molecule has 0 aliphatic rings. The van der Waals surface area contributed by atoms with Crippen LogP contribution >= 0.6 is 34.8 Å². The Morgan fingerprint density at radius 2 is 1.85 bits per heavy atom. The van der Waals surface area contributed by atoms with Gasteiger partial charge in [0.15, 0.2) is 5.82 Å². The Balaban J connectivity index is 3.50. The number of carboxylic acids is 1. The summed E-state index contributed by atoms with van der Waals surface area (Å²) >= 11 is 16.2. The van der Waals surface area contributed by atoms with Crippen LogP contribution in [0.3, 0.4) is 0 Å². The summed E-state index contributed by atoms with van der Waals surface area (Å²) in [6, 6.07) is 0.998. The largest absolute Gasteiger partial charge is 0.478 e. The number of hydrogen-bond donors (Lipinski definition) is 1. The van der Waals surface area contributed by atoms with E-state index in [4.69, 9.17) is 39.9 Å². The van der Waals surface area contributed by atoms with Crippen LogP contribution in [0.15, 0.2) is 6.07 Å². The highest BCUT2D eigenvalue weighted by molar-refractivity contribution is 6.44. The van der Waals surface area contributed by atoms with Crippen LogP contribution in [0.25, 0.3) is 0 Å². The van der Waals surface area contributed by atoms with Gasteiger partial charge in [0.2, 0.25) is 0 Å². The number of aromatic carboxylic acids is 1. The number of carbonyl (C=O) groups is 1. The van der Waals surface area contributed by atoms with Gasteiger partial charge >= 0.3 is 5.97 Å². The minimum atomic E-state index is -1.36. The first-order valence-corrected chi connectivity index (χ1v) is 4.14. The Bertz CT molecular complexity index is 378. The molecule has 0 aliphatic heterocycles. The quantitative estimate of drug-likeness (QED) is 0.605. The first-order valence-electron chi connectivity index (χ1n) is 3.01. The van der Waals surface area contributed by atoms with E-state index < -0.39 is 22.4 Å². The first kappa shape index (κ1) is 10.6. The van der Waals surface area contributed by atoms with E-state index in [0.717, 1.165) is 6.07 Å². The van der Waals surface area contributed by atoms with Gasteiger partial charge in [-0.2, -0.15) is 0 Å². The second-order valence-electron chi connectivity index (χ2n) is 2.15. The van der Waals surface area contributed by atoms with Crippen molar-refractivity contribution in [1.29, 1.82) is 0 Å². The molecule has 1 aromatic rings. The SMILES string of the molecule is O=C(O)c1cc(Cl)c(Cl)c(F)c1Cl. The van der Waals surface area contributed by atoms with Crippen LogP contribution in [0.1, 0.15) is 10.4 Å². The lowest BCUT2D eigenvalue weighted by molar-refractivity contribution is 0.0696. The van der Waals surface area contributed by atoms with Gasteiger partial charge in [0.1, 0.15) is 0 Å². The van der Waals surface area contributed by atoms with E-state index in [9.17, 15) is 9.18 Å². The van der Waals surface area contributed by atoms with Crippen molar-refractivity contribution in [1.82, 2.24) is 0 Å². The minimum absolute atomic E-state index is 0.180. The monoisotopic (exact) mass is 242 g/mol. The zero-order valence-corrected chi connectivity index (χ0v) is 8.21. The van der Waals surface area contributed by atoms with Crippen LogP contribution in [0, 0.1) is 5.82 Å². The molecule has 13 heavy (non-hydrogen) atoms. The van der Waals surface area contributed by atoms with E-state index in [2.05, 4.69) is 0 Å². The Hall–Kier alpha value is -0.510. The van der Waals surface area contributed by atoms with Gasteiger partial charge in [0, 0.05) is 0 Å². The summed E-state index contributed by atoms with van der Waals surface area (Å²) in [5, 5.41) is 7.45. The van der Waals surface area contributed by atoms with Gasteiger partial charge in [0.05, 0.1) is 20.6 Å². The average Bonchev–Trinajstić information content (AvgIpc) is 2.07. The Labute approximate surface area is 87.8 Å². The standard InChI is InChI=1S/C7H2Cl3FO2/c8-3-1-2(7(12)13)4(9)6(11)5(3)10/h1H,(H,12,13). The molecule has 0 aliphatic carbocycles. The van der Waals surface area contributed by atoms with Crippen molar-refractivity contribution in [2.75, 3.05) is 0 Å². The molecule has 0 atom stereocenters. The highest BCUT2D eigenvalue weighted by atomic mass is 35.5. The molecule has 0 unspecified atom stereocenters. The molecule has 70 valence electrons. The second-order valence-corrected chi connectivity index (χ2v) is 3.32. The fourth-order valence-electron chi connectivity index (χ4n) is 0.728. The van der Waals surface area contributed by atoms with Gasteiger partial charge in [-0.1, -0.05) is 34.8 Å². The third-order valence-electron chi connectivity index (χ3n) is 1.33. The maximum absolute atomic E-state index is 13.0. The molecule has 1 aromatic carbocycles. The molecule has 0 amide bonds. The second kappa shape index (κ2) is 3.70. The molecule has 2 nitrogen and oxygen atoms in total. The number of rotatable bonds is 1. The van der Waals surface area contributed by atoms with Crippen molar-refractivity contribution in [3.05, 3.63) is 32.5 Å². The molecule has 1 N–H and O–H groups in total. The summed E-state index contributed by atoms with van der Waals surface area (Å²) < 4.78 is 13.0. The van der Waals surface area contributed by atoms with Crippen molar-refractivity contribution < 1.29 is 14.3 Å². The fourth-order valence-corrected chi connectivity index (χ4v) is 1.35. The van der Waals surface area contributed by atoms with E-state index in [1.54, 1.807) is 0 Å².